The second-order valence-corrected chi connectivity index (χ2v) is 6.16. The third kappa shape index (κ3) is 7.70. The average molecular weight is 524 g/mol. The molecule has 2 aliphatic rings. The van der Waals surface area contributed by atoms with Gasteiger partial charge in [-0.15, -0.1) is 0 Å². The molecule has 0 N–H and O–H groups in total. The van der Waals surface area contributed by atoms with Gasteiger partial charge in [0.1, 0.15) is 6.17 Å². The zero-order valence-corrected chi connectivity index (χ0v) is 19.7. The monoisotopic (exact) mass is 524 g/mol. The van der Waals surface area contributed by atoms with Crippen LogP contribution in [-0.2, 0) is 21.1 Å². The van der Waals surface area contributed by atoms with E-state index in [0.29, 0.717) is 12.2 Å². The molecule has 0 saturated heterocycles. The van der Waals surface area contributed by atoms with Crippen molar-refractivity contribution in [3.63, 3.8) is 0 Å². The molecular formula is C21H32N4W. The summed E-state index contributed by atoms with van der Waals surface area (Å²) < 4.78 is 2.25. The summed E-state index contributed by atoms with van der Waals surface area (Å²) >= 11 is 0. The fraction of sp³-hybridized carbons (Fsp3) is 0.381. The first-order chi connectivity index (χ1) is 11.9. The van der Waals surface area contributed by atoms with E-state index < -0.39 is 0 Å². The van der Waals surface area contributed by atoms with Crippen LogP contribution in [-0.4, -0.2) is 46.5 Å². The smallest absolute Gasteiger partial charge is 0.560 e. The molecule has 3 rings (SSSR count). The molecule has 0 saturated carbocycles. The number of fused-ring (bicyclic) bond motifs is 1. The van der Waals surface area contributed by atoms with Crippen molar-refractivity contribution in [1.82, 2.24) is 19.3 Å². The first-order valence-electron chi connectivity index (χ1n) is 8.61. The molecule has 0 bridgehead atoms. The Kier molecular flexibility index (Phi) is 11.8. The van der Waals surface area contributed by atoms with Crippen LogP contribution < -0.4 is 0 Å². The molecule has 0 unspecified atom stereocenters. The van der Waals surface area contributed by atoms with E-state index in [1.165, 1.54) is 11.9 Å². The standard InChI is InChI=1S/C9H12N2.C7H11N.C5H9N.W/c1-8-10(2)7-5-9-4-3-6-11(8)9;1-7-5-3-4-6-8(7)2;1-4-6(3)5-2;/h3-8H,1-2H3;3-7H,1-2H3;1,4-5H,2-3H3;/q;;-2;+2/t8-;7-;;/m01../s1. The van der Waals surface area contributed by atoms with Crippen molar-refractivity contribution in [2.75, 3.05) is 21.1 Å². The van der Waals surface area contributed by atoms with Gasteiger partial charge >= 0.3 is 21.1 Å². The van der Waals surface area contributed by atoms with Crippen LogP contribution in [0.15, 0.2) is 55.2 Å². The molecule has 2 atom stereocenters. The number of hydrogen-bond acceptors (Lipinski definition) is 3. The van der Waals surface area contributed by atoms with Crippen molar-refractivity contribution in [3.8, 4) is 0 Å². The molecular weight excluding hydrogens is 492 g/mol. The quantitative estimate of drug-likeness (QED) is 0.535. The van der Waals surface area contributed by atoms with Crippen LogP contribution in [0.3, 0.4) is 0 Å². The summed E-state index contributed by atoms with van der Waals surface area (Å²) in [6.45, 7) is 13.2. The zero-order valence-electron chi connectivity index (χ0n) is 16.8. The van der Waals surface area contributed by atoms with Crippen LogP contribution in [0.5, 0.6) is 0 Å². The first-order valence-corrected chi connectivity index (χ1v) is 8.61. The van der Waals surface area contributed by atoms with Crippen molar-refractivity contribution in [3.05, 3.63) is 74.0 Å². The number of hydrogen-bond donors (Lipinski definition) is 0. The molecule has 0 spiro atoms. The third-order valence-electron chi connectivity index (χ3n) is 4.39. The number of rotatable bonds is 2. The van der Waals surface area contributed by atoms with Gasteiger partial charge in [-0.25, -0.2) is 12.7 Å². The van der Waals surface area contributed by atoms with Gasteiger partial charge in [0.15, 0.2) is 0 Å². The minimum Gasteiger partial charge on any atom is -0.560 e. The van der Waals surface area contributed by atoms with E-state index in [4.69, 9.17) is 6.58 Å². The average Bonchev–Trinajstić information content (AvgIpc) is 3.11. The Morgan fingerprint density at radius 3 is 2.31 bits per heavy atom. The minimum atomic E-state index is 0. The molecule has 2 aliphatic heterocycles. The van der Waals surface area contributed by atoms with Crippen molar-refractivity contribution in [2.24, 2.45) is 0 Å². The Balaban J connectivity index is 0.000000374. The number of allylic oxidation sites excluding steroid dienone is 2. The number of aromatic nitrogens is 1. The second kappa shape index (κ2) is 12.6. The van der Waals surface area contributed by atoms with Gasteiger partial charge in [0.25, 0.3) is 0 Å². The SMILES string of the molecule is C[C@@H]1C=CC=CN1C.C[C@H]1N(C)C=Cc2cccn21.[CH-]=CN(C)[CH-]C.[W+2]. The van der Waals surface area contributed by atoms with Crippen LogP contribution in [0.2, 0.25) is 0 Å². The summed E-state index contributed by atoms with van der Waals surface area (Å²) in [4.78, 5) is 6.13. The molecule has 142 valence electrons. The molecule has 0 amide bonds. The first kappa shape index (κ1) is 24.3. The molecule has 0 aromatic carbocycles. The number of nitrogens with zero attached hydrogens (tertiary/aromatic N) is 4. The van der Waals surface area contributed by atoms with E-state index in [2.05, 4.69) is 91.3 Å². The molecule has 0 radical (unpaired) electrons. The van der Waals surface area contributed by atoms with Gasteiger partial charge in [-0.2, -0.15) is 6.92 Å². The minimum absolute atomic E-state index is 0. The predicted molar refractivity (Wildman–Crippen MR) is 108 cm³/mol. The Morgan fingerprint density at radius 2 is 1.85 bits per heavy atom. The van der Waals surface area contributed by atoms with Crippen LogP contribution in [0.1, 0.15) is 32.6 Å². The maximum atomic E-state index is 5.05. The topological polar surface area (TPSA) is 14.7 Å². The Hall–Kier alpha value is -1.67. The second-order valence-electron chi connectivity index (χ2n) is 6.16. The molecule has 0 fully saturated rings. The van der Waals surface area contributed by atoms with E-state index in [-0.39, 0.29) is 21.1 Å². The van der Waals surface area contributed by atoms with Gasteiger partial charge in [0.2, 0.25) is 0 Å². The Morgan fingerprint density at radius 1 is 1.15 bits per heavy atom. The normalized spacial score (nSPS) is 19.3. The van der Waals surface area contributed by atoms with E-state index in [1.807, 2.05) is 26.6 Å². The van der Waals surface area contributed by atoms with Crippen LogP contribution >= 0.6 is 0 Å². The maximum absolute atomic E-state index is 5.05. The van der Waals surface area contributed by atoms with Crippen LogP contribution in [0.25, 0.3) is 6.08 Å². The largest absolute Gasteiger partial charge is 2.00 e. The predicted octanol–water partition coefficient (Wildman–Crippen LogP) is 4.36. The molecule has 3 heterocycles. The molecule has 26 heavy (non-hydrogen) atoms. The maximum Gasteiger partial charge on any atom is 2.00 e. The summed E-state index contributed by atoms with van der Waals surface area (Å²) in [6.07, 6.45) is 16.7. The van der Waals surface area contributed by atoms with Gasteiger partial charge in [-0.3, -0.25) is 0 Å². The van der Waals surface area contributed by atoms with Crippen molar-refractivity contribution < 1.29 is 21.1 Å². The van der Waals surface area contributed by atoms with Crippen LogP contribution in [0, 0.1) is 13.1 Å². The van der Waals surface area contributed by atoms with Gasteiger partial charge in [0, 0.05) is 38.2 Å². The van der Waals surface area contributed by atoms with Gasteiger partial charge in [-0.05, 0) is 51.4 Å². The van der Waals surface area contributed by atoms with E-state index in [0.717, 1.165) is 0 Å². The molecule has 4 nitrogen and oxygen atoms in total. The van der Waals surface area contributed by atoms with Gasteiger partial charge in [0.05, 0.1) is 0 Å². The van der Waals surface area contributed by atoms with Gasteiger partial charge in [-0.1, -0.05) is 12.2 Å². The zero-order chi connectivity index (χ0) is 18.8. The summed E-state index contributed by atoms with van der Waals surface area (Å²) in [5.74, 6) is 0. The summed E-state index contributed by atoms with van der Waals surface area (Å²) in [5, 5.41) is 0. The van der Waals surface area contributed by atoms with E-state index >= 15 is 0 Å². The third-order valence-corrected chi connectivity index (χ3v) is 4.39. The van der Waals surface area contributed by atoms with Crippen molar-refractivity contribution in [1.29, 1.82) is 0 Å². The summed E-state index contributed by atoms with van der Waals surface area (Å²) in [6, 6.07) is 4.77. The molecule has 0 aliphatic carbocycles. The molecule has 1 aromatic rings. The number of likely N-dealkylation sites (N-methyl/N-ethyl adjacent to an activating group) is 1. The fourth-order valence-electron chi connectivity index (χ4n) is 2.17. The van der Waals surface area contributed by atoms with E-state index in [9.17, 15) is 0 Å². The molecule has 1 aromatic heterocycles. The summed E-state index contributed by atoms with van der Waals surface area (Å²) in [5.41, 5.74) is 1.29. The Bertz CT molecular complexity index is 587. The van der Waals surface area contributed by atoms with Crippen molar-refractivity contribution >= 4 is 6.08 Å². The Labute approximate surface area is 174 Å². The fourth-order valence-corrected chi connectivity index (χ4v) is 2.17. The van der Waals surface area contributed by atoms with Gasteiger partial charge < -0.3 is 25.8 Å². The van der Waals surface area contributed by atoms with Crippen LogP contribution in [0.4, 0.5) is 0 Å². The van der Waals surface area contributed by atoms with Crippen molar-refractivity contribution in [2.45, 2.75) is 33.0 Å². The summed E-state index contributed by atoms with van der Waals surface area (Å²) in [7, 11) is 6.04. The van der Waals surface area contributed by atoms with E-state index in [1.54, 1.807) is 4.90 Å². The molecule has 5 heteroatoms.